The molecule has 21 heavy (non-hydrogen) atoms. The smallest absolute Gasteiger partial charge is 0.302 e. The van der Waals surface area contributed by atoms with Crippen molar-refractivity contribution in [1.29, 1.82) is 0 Å². The van der Waals surface area contributed by atoms with Crippen molar-refractivity contribution in [1.82, 2.24) is 0 Å². The van der Waals surface area contributed by atoms with Gasteiger partial charge in [-0.05, 0) is 29.3 Å². The molecular weight excluding hydrogens is 268 g/mol. The number of hydrogen-bond acceptors (Lipinski definition) is 4. The molecule has 0 heterocycles. The number of carbonyl (C=O) groups excluding carboxylic acids is 2. The molecule has 0 atom stereocenters. The Balaban J connectivity index is 1.98. The van der Waals surface area contributed by atoms with Gasteiger partial charge >= 0.3 is 5.97 Å². The zero-order valence-electron chi connectivity index (χ0n) is 11.7. The highest BCUT2D eigenvalue weighted by atomic mass is 16.6. The minimum atomic E-state index is -0.316. The summed E-state index contributed by atoms with van der Waals surface area (Å²) in [4.78, 5) is 21.4. The van der Waals surface area contributed by atoms with Crippen LogP contribution in [0.25, 0.3) is 11.1 Å². The molecule has 108 valence electrons. The van der Waals surface area contributed by atoms with Crippen molar-refractivity contribution >= 4 is 12.3 Å². The second kappa shape index (κ2) is 7.24. The highest BCUT2D eigenvalue weighted by Crippen LogP contribution is 2.23. The Labute approximate surface area is 123 Å². The second-order valence-electron chi connectivity index (χ2n) is 4.46. The van der Waals surface area contributed by atoms with Crippen molar-refractivity contribution in [2.45, 2.75) is 6.92 Å². The Kier molecular flexibility index (Phi) is 5.10. The van der Waals surface area contributed by atoms with Gasteiger partial charge in [0, 0.05) is 12.5 Å². The van der Waals surface area contributed by atoms with E-state index in [4.69, 9.17) is 9.47 Å². The molecule has 0 N–H and O–H groups in total. The van der Waals surface area contributed by atoms with Crippen molar-refractivity contribution in [2.75, 3.05) is 13.2 Å². The fourth-order valence-corrected chi connectivity index (χ4v) is 1.88. The fourth-order valence-electron chi connectivity index (χ4n) is 1.88. The van der Waals surface area contributed by atoms with Crippen LogP contribution in [0.4, 0.5) is 0 Å². The first-order valence-electron chi connectivity index (χ1n) is 6.61. The van der Waals surface area contributed by atoms with Crippen LogP contribution in [0.5, 0.6) is 5.75 Å². The van der Waals surface area contributed by atoms with Crippen LogP contribution in [0.15, 0.2) is 48.5 Å². The van der Waals surface area contributed by atoms with Crippen molar-refractivity contribution < 1.29 is 19.1 Å². The Morgan fingerprint density at radius 1 is 1.05 bits per heavy atom. The summed E-state index contributed by atoms with van der Waals surface area (Å²) in [5.41, 5.74) is 2.63. The Bertz CT molecular complexity index is 617. The summed E-state index contributed by atoms with van der Waals surface area (Å²) in [5.74, 6) is 0.390. The molecule has 0 fully saturated rings. The molecule has 0 radical (unpaired) electrons. The molecule has 0 unspecified atom stereocenters. The van der Waals surface area contributed by atoms with Crippen molar-refractivity contribution in [3.63, 3.8) is 0 Å². The first kappa shape index (κ1) is 14.8. The SMILES string of the molecule is CC(=O)OCCOc1ccc(-c2cccc(C=O)c2)cc1. The summed E-state index contributed by atoms with van der Waals surface area (Å²) in [6.07, 6.45) is 0.829. The maximum Gasteiger partial charge on any atom is 0.302 e. The van der Waals surface area contributed by atoms with E-state index in [-0.39, 0.29) is 12.6 Å². The molecule has 2 aromatic carbocycles. The molecule has 2 aromatic rings. The molecule has 0 spiro atoms. The van der Waals surface area contributed by atoms with Crippen LogP contribution in [0.2, 0.25) is 0 Å². The second-order valence-corrected chi connectivity index (χ2v) is 4.46. The standard InChI is InChI=1S/C17H16O4/c1-13(19)20-9-10-21-17-7-5-15(6-8-17)16-4-2-3-14(11-16)12-18/h2-8,11-12H,9-10H2,1H3. The normalized spacial score (nSPS) is 9.95. The van der Waals surface area contributed by atoms with E-state index in [2.05, 4.69) is 0 Å². The summed E-state index contributed by atoms with van der Waals surface area (Å²) in [5, 5.41) is 0. The highest BCUT2D eigenvalue weighted by molar-refractivity contribution is 5.78. The molecular formula is C17H16O4. The van der Waals surface area contributed by atoms with Gasteiger partial charge in [-0.2, -0.15) is 0 Å². The highest BCUT2D eigenvalue weighted by Gasteiger charge is 2.00. The van der Waals surface area contributed by atoms with Crippen LogP contribution in [-0.2, 0) is 9.53 Å². The zero-order chi connectivity index (χ0) is 15.1. The lowest BCUT2D eigenvalue weighted by molar-refractivity contribution is -0.141. The minimum absolute atomic E-state index is 0.235. The van der Waals surface area contributed by atoms with Gasteiger partial charge in [0.25, 0.3) is 0 Å². The van der Waals surface area contributed by atoms with E-state index in [1.807, 2.05) is 42.5 Å². The largest absolute Gasteiger partial charge is 0.490 e. The Morgan fingerprint density at radius 3 is 2.48 bits per heavy atom. The first-order chi connectivity index (χ1) is 10.2. The average molecular weight is 284 g/mol. The van der Waals surface area contributed by atoms with Crippen molar-refractivity contribution in [2.24, 2.45) is 0 Å². The minimum Gasteiger partial charge on any atom is -0.490 e. The van der Waals surface area contributed by atoms with Gasteiger partial charge in [0.15, 0.2) is 0 Å². The summed E-state index contributed by atoms with van der Waals surface area (Å²) in [6, 6.07) is 14.9. The van der Waals surface area contributed by atoms with Gasteiger partial charge in [0.2, 0.25) is 0 Å². The van der Waals surface area contributed by atoms with E-state index in [9.17, 15) is 9.59 Å². The number of rotatable bonds is 6. The number of hydrogen-bond donors (Lipinski definition) is 0. The van der Waals surface area contributed by atoms with Crippen LogP contribution < -0.4 is 4.74 Å². The lowest BCUT2D eigenvalue weighted by atomic mass is 10.0. The van der Waals surface area contributed by atoms with Crippen molar-refractivity contribution in [3.05, 3.63) is 54.1 Å². The topological polar surface area (TPSA) is 52.6 Å². The molecule has 0 aromatic heterocycles. The lowest BCUT2D eigenvalue weighted by Crippen LogP contribution is -2.09. The summed E-state index contributed by atoms with van der Waals surface area (Å²) in [7, 11) is 0. The Hall–Kier alpha value is -2.62. The van der Waals surface area contributed by atoms with Gasteiger partial charge in [0.05, 0.1) is 0 Å². The Morgan fingerprint density at radius 2 is 1.81 bits per heavy atom. The number of carbonyl (C=O) groups is 2. The van der Waals surface area contributed by atoms with Gasteiger partial charge in [0.1, 0.15) is 25.2 Å². The van der Waals surface area contributed by atoms with Crippen LogP contribution >= 0.6 is 0 Å². The molecule has 0 aliphatic carbocycles. The molecule has 4 heteroatoms. The van der Waals surface area contributed by atoms with Gasteiger partial charge in [-0.1, -0.05) is 30.3 Å². The summed E-state index contributed by atoms with van der Waals surface area (Å²) >= 11 is 0. The number of aldehydes is 1. The molecule has 0 aliphatic rings. The molecule has 0 bridgehead atoms. The van der Waals surface area contributed by atoms with Crippen molar-refractivity contribution in [3.8, 4) is 16.9 Å². The molecule has 0 saturated carbocycles. The first-order valence-corrected chi connectivity index (χ1v) is 6.61. The third kappa shape index (κ3) is 4.45. The maximum atomic E-state index is 10.8. The molecule has 4 nitrogen and oxygen atoms in total. The van der Waals surface area contributed by atoms with E-state index >= 15 is 0 Å². The van der Waals surface area contributed by atoms with Gasteiger partial charge in [-0.3, -0.25) is 9.59 Å². The van der Waals surface area contributed by atoms with E-state index in [0.717, 1.165) is 17.4 Å². The van der Waals surface area contributed by atoms with E-state index in [1.165, 1.54) is 6.92 Å². The predicted octanol–water partition coefficient (Wildman–Crippen LogP) is 3.11. The number of ether oxygens (including phenoxy) is 2. The number of esters is 1. The van der Waals surface area contributed by atoms with Crippen LogP contribution in [-0.4, -0.2) is 25.5 Å². The van der Waals surface area contributed by atoms with Gasteiger partial charge < -0.3 is 9.47 Å². The van der Waals surface area contributed by atoms with Crippen LogP contribution in [0, 0.1) is 0 Å². The maximum absolute atomic E-state index is 10.8. The predicted molar refractivity (Wildman–Crippen MR) is 79.4 cm³/mol. The zero-order valence-corrected chi connectivity index (χ0v) is 11.7. The lowest BCUT2D eigenvalue weighted by Gasteiger charge is -2.07. The van der Waals surface area contributed by atoms with E-state index < -0.39 is 0 Å². The summed E-state index contributed by atoms with van der Waals surface area (Å²) < 4.78 is 10.2. The third-order valence-corrected chi connectivity index (χ3v) is 2.87. The fraction of sp³-hybridized carbons (Fsp3) is 0.176. The van der Waals surface area contributed by atoms with Crippen LogP contribution in [0.1, 0.15) is 17.3 Å². The molecule has 0 amide bonds. The molecule has 2 rings (SSSR count). The monoisotopic (exact) mass is 284 g/mol. The quantitative estimate of drug-likeness (QED) is 0.464. The van der Waals surface area contributed by atoms with Gasteiger partial charge in [-0.25, -0.2) is 0 Å². The molecule has 0 saturated heterocycles. The van der Waals surface area contributed by atoms with Gasteiger partial charge in [-0.15, -0.1) is 0 Å². The van der Waals surface area contributed by atoms with Crippen LogP contribution in [0.3, 0.4) is 0 Å². The molecule has 0 aliphatic heterocycles. The average Bonchev–Trinajstić information content (AvgIpc) is 2.52. The van der Waals surface area contributed by atoms with E-state index in [1.54, 1.807) is 6.07 Å². The van der Waals surface area contributed by atoms with E-state index in [0.29, 0.717) is 17.9 Å². The third-order valence-electron chi connectivity index (χ3n) is 2.87. The summed E-state index contributed by atoms with van der Waals surface area (Å²) in [6.45, 7) is 1.92. The number of benzene rings is 2.